The van der Waals surface area contributed by atoms with Gasteiger partial charge < -0.3 is 5.73 Å². The Balaban J connectivity index is 3.10. The fourth-order valence-electron chi connectivity index (χ4n) is 0.409. The third-order valence-electron chi connectivity index (χ3n) is 0.813. The van der Waals surface area contributed by atoms with Crippen molar-refractivity contribution in [2.75, 3.05) is 5.73 Å². The zero-order valence-electron chi connectivity index (χ0n) is 9.63. The van der Waals surface area contributed by atoms with E-state index in [2.05, 4.69) is 10.2 Å². The molecule has 1 aromatic heterocycles. The number of rotatable bonds is 1. The summed E-state index contributed by atoms with van der Waals surface area (Å²) >= 11 is 0. The Kier molecular flexibility index (Phi) is 0.609. The maximum absolute atomic E-state index is 7.35. The van der Waals surface area contributed by atoms with Crippen molar-refractivity contribution in [3.8, 4) is 0 Å². The van der Waals surface area contributed by atoms with Crippen LogP contribution in [0.3, 0.4) is 0 Å². The van der Waals surface area contributed by atoms with Crippen molar-refractivity contribution in [2.24, 2.45) is 0 Å². The average molecular weight is 128 g/mol. The van der Waals surface area contributed by atoms with Gasteiger partial charge in [-0.25, -0.2) is 0 Å². The SMILES string of the molecule is [2H]C([2H])([2H])C([2H])([2H])c1ccc(N)nn1. The van der Waals surface area contributed by atoms with Gasteiger partial charge >= 0.3 is 0 Å². The van der Waals surface area contributed by atoms with Crippen molar-refractivity contribution in [1.29, 1.82) is 0 Å². The summed E-state index contributed by atoms with van der Waals surface area (Å²) in [6.07, 6.45) is -2.51. The minimum atomic E-state index is -2.77. The Hall–Kier alpha value is -1.12. The maximum Gasteiger partial charge on any atom is 0.146 e. The van der Waals surface area contributed by atoms with E-state index in [1.54, 1.807) is 0 Å². The highest BCUT2D eigenvalue weighted by molar-refractivity contribution is 5.25. The molecule has 0 atom stereocenters. The van der Waals surface area contributed by atoms with Gasteiger partial charge in [-0.2, -0.15) is 5.10 Å². The Morgan fingerprint density at radius 3 is 3.22 bits per heavy atom. The smallest absolute Gasteiger partial charge is 0.146 e. The van der Waals surface area contributed by atoms with E-state index in [0.29, 0.717) is 0 Å². The van der Waals surface area contributed by atoms with Crippen LogP contribution in [0.2, 0.25) is 0 Å². The highest BCUT2D eigenvalue weighted by Gasteiger charge is 1.88. The molecule has 0 bridgehead atoms. The topological polar surface area (TPSA) is 51.8 Å². The number of nitrogens with zero attached hydrogens (tertiary/aromatic N) is 2. The van der Waals surface area contributed by atoms with Gasteiger partial charge in [0.15, 0.2) is 0 Å². The first-order valence-electron chi connectivity index (χ1n) is 4.85. The van der Waals surface area contributed by atoms with E-state index in [-0.39, 0.29) is 11.5 Å². The molecule has 0 saturated carbocycles. The Morgan fingerprint density at radius 1 is 1.78 bits per heavy atom. The van der Waals surface area contributed by atoms with Crippen LogP contribution in [0, 0.1) is 0 Å². The van der Waals surface area contributed by atoms with Crippen molar-refractivity contribution >= 4 is 5.82 Å². The first-order valence-corrected chi connectivity index (χ1v) is 2.35. The quantitative estimate of drug-likeness (QED) is 0.603. The van der Waals surface area contributed by atoms with Crippen LogP contribution < -0.4 is 5.73 Å². The molecule has 0 aliphatic carbocycles. The summed E-state index contributed by atoms with van der Waals surface area (Å²) in [7, 11) is 0. The standard InChI is InChI=1S/C6H9N3/c1-2-5-3-4-6(7)9-8-5/h3-4H,2H2,1H3,(H2,7,9)/i1D3,2D2. The van der Waals surface area contributed by atoms with E-state index < -0.39 is 13.2 Å². The molecule has 2 N–H and O–H groups in total. The molecule has 3 heteroatoms. The molecule has 0 unspecified atom stereocenters. The summed E-state index contributed by atoms with van der Waals surface area (Å²) in [4.78, 5) is 0. The minimum absolute atomic E-state index is 0.120. The number of hydrogen-bond acceptors (Lipinski definition) is 3. The van der Waals surface area contributed by atoms with Crippen LogP contribution in [0.4, 0.5) is 5.82 Å². The zero-order chi connectivity index (χ0) is 11.0. The van der Waals surface area contributed by atoms with Gasteiger partial charge in [0, 0.05) is 6.85 Å². The molecule has 0 saturated heterocycles. The number of nitrogens with two attached hydrogens (primary N) is 1. The second-order valence-electron chi connectivity index (χ2n) is 1.47. The van der Waals surface area contributed by atoms with Gasteiger partial charge in [0.1, 0.15) is 5.82 Å². The van der Waals surface area contributed by atoms with Crippen LogP contribution in [0.1, 0.15) is 19.4 Å². The number of hydrogen-bond donors (Lipinski definition) is 1. The first-order chi connectivity index (χ1) is 6.25. The summed E-state index contributed by atoms with van der Waals surface area (Å²) in [6.45, 7) is -2.77. The third kappa shape index (κ3) is 1.38. The predicted octanol–water partition coefficient (Wildman–Crippen LogP) is 0.621. The van der Waals surface area contributed by atoms with E-state index in [4.69, 9.17) is 12.6 Å². The Bertz CT molecular complexity index is 317. The number of aryl methyl sites for hydroxylation is 1. The molecule has 3 nitrogen and oxygen atoms in total. The fraction of sp³-hybridized carbons (Fsp3) is 0.333. The molecule has 0 aliphatic heterocycles. The van der Waals surface area contributed by atoms with Gasteiger partial charge in [0.05, 0.1) is 5.69 Å². The van der Waals surface area contributed by atoms with Crippen molar-refractivity contribution in [3.05, 3.63) is 17.8 Å². The molecule has 0 aromatic carbocycles. The van der Waals surface area contributed by atoms with Crippen molar-refractivity contribution in [1.82, 2.24) is 10.2 Å². The molecule has 1 aromatic rings. The van der Waals surface area contributed by atoms with Crippen LogP contribution in [0.5, 0.6) is 0 Å². The molecule has 0 aliphatic rings. The summed E-state index contributed by atoms with van der Waals surface area (Å²) in [5.74, 6) is 0.120. The molecular weight excluding hydrogens is 114 g/mol. The zero-order valence-corrected chi connectivity index (χ0v) is 4.63. The molecule has 0 radical (unpaired) electrons. The van der Waals surface area contributed by atoms with Crippen molar-refractivity contribution in [3.63, 3.8) is 0 Å². The molecule has 0 amide bonds. The lowest BCUT2D eigenvalue weighted by Crippen LogP contribution is -1.94. The molecule has 48 valence electrons. The molecule has 9 heavy (non-hydrogen) atoms. The van der Waals surface area contributed by atoms with Gasteiger partial charge in [-0.3, -0.25) is 0 Å². The van der Waals surface area contributed by atoms with Gasteiger partial charge in [0.2, 0.25) is 0 Å². The van der Waals surface area contributed by atoms with Gasteiger partial charge in [-0.05, 0) is 18.5 Å². The highest BCUT2D eigenvalue weighted by Crippen LogP contribution is 1.96. The average Bonchev–Trinajstić information content (AvgIpc) is 2.03. The lowest BCUT2D eigenvalue weighted by molar-refractivity contribution is 0.926. The Morgan fingerprint density at radius 2 is 2.67 bits per heavy atom. The summed E-state index contributed by atoms with van der Waals surface area (Å²) in [5.41, 5.74) is 5.00. The van der Waals surface area contributed by atoms with Crippen molar-refractivity contribution < 1.29 is 6.85 Å². The normalized spacial score (nSPS) is 20.7. The van der Waals surface area contributed by atoms with Crippen LogP contribution in [0.25, 0.3) is 0 Å². The van der Waals surface area contributed by atoms with Gasteiger partial charge in [-0.15, -0.1) is 5.10 Å². The van der Waals surface area contributed by atoms with Gasteiger partial charge in [-0.1, -0.05) is 6.85 Å². The summed E-state index contributed by atoms with van der Waals surface area (Å²) in [5, 5.41) is 6.80. The summed E-state index contributed by atoms with van der Waals surface area (Å²) < 4.78 is 35.7. The second kappa shape index (κ2) is 2.44. The van der Waals surface area contributed by atoms with E-state index >= 15 is 0 Å². The lowest BCUT2D eigenvalue weighted by Gasteiger charge is -1.91. The molecular formula is C6H9N3. The van der Waals surface area contributed by atoms with E-state index in [0.717, 1.165) is 0 Å². The lowest BCUT2D eigenvalue weighted by atomic mass is 10.3. The van der Waals surface area contributed by atoms with Crippen LogP contribution in [0.15, 0.2) is 12.1 Å². The largest absolute Gasteiger partial charge is 0.382 e. The molecule has 1 heterocycles. The minimum Gasteiger partial charge on any atom is -0.382 e. The molecule has 0 fully saturated rings. The summed E-state index contributed by atoms with van der Waals surface area (Å²) in [6, 6.07) is 2.53. The van der Waals surface area contributed by atoms with Gasteiger partial charge in [0.25, 0.3) is 0 Å². The number of aromatic nitrogens is 2. The number of nitrogen functional groups attached to an aromatic ring is 1. The van der Waals surface area contributed by atoms with E-state index in [9.17, 15) is 0 Å². The van der Waals surface area contributed by atoms with Crippen molar-refractivity contribution in [2.45, 2.75) is 13.2 Å². The number of anilines is 1. The van der Waals surface area contributed by atoms with E-state index in [1.165, 1.54) is 12.1 Å². The van der Waals surface area contributed by atoms with Crippen LogP contribution >= 0.6 is 0 Å². The Labute approximate surface area is 60.9 Å². The second-order valence-corrected chi connectivity index (χ2v) is 1.47. The third-order valence-corrected chi connectivity index (χ3v) is 0.813. The molecule has 0 spiro atoms. The van der Waals surface area contributed by atoms with E-state index in [1.807, 2.05) is 0 Å². The monoisotopic (exact) mass is 128 g/mol. The molecule has 1 rings (SSSR count). The predicted molar refractivity (Wildman–Crippen MR) is 35.8 cm³/mol. The first kappa shape index (κ1) is 2.25. The maximum atomic E-state index is 7.35. The van der Waals surface area contributed by atoms with Crippen LogP contribution in [-0.2, 0) is 6.37 Å². The highest BCUT2D eigenvalue weighted by atomic mass is 15.1. The van der Waals surface area contributed by atoms with Crippen LogP contribution in [-0.4, -0.2) is 10.2 Å². The fourth-order valence-corrected chi connectivity index (χ4v) is 0.409.